The Morgan fingerprint density at radius 2 is 2.24 bits per heavy atom. The summed E-state index contributed by atoms with van der Waals surface area (Å²) in [6.07, 6.45) is -2.23. The van der Waals surface area contributed by atoms with Crippen molar-refractivity contribution in [2.75, 3.05) is 6.61 Å². The van der Waals surface area contributed by atoms with Crippen molar-refractivity contribution in [1.29, 1.82) is 0 Å². The Bertz CT molecular complexity index is 840. The Morgan fingerprint density at radius 1 is 1.56 bits per heavy atom. The molecule has 140 valence electrons. The van der Waals surface area contributed by atoms with Gasteiger partial charge in [-0.2, -0.15) is 0 Å². The number of nitrogens with zero attached hydrogens (tertiary/aromatic N) is 1. The van der Waals surface area contributed by atoms with E-state index in [0.29, 0.717) is 0 Å². The quantitative estimate of drug-likeness (QED) is 0.713. The van der Waals surface area contributed by atoms with Gasteiger partial charge in [-0.25, -0.2) is 9.18 Å². The molecule has 0 saturated carbocycles. The second kappa shape index (κ2) is 6.05. The molecular weight excluding hydrogens is 378 g/mol. The van der Waals surface area contributed by atoms with Gasteiger partial charge in [0.05, 0.1) is 6.10 Å². The number of aliphatic hydroxyl groups is 1. The van der Waals surface area contributed by atoms with E-state index in [4.69, 9.17) is 30.1 Å². The summed E-state index contributed by atoms with van der Waals surface area (Å²) in [5, 5.41) is 10.8. The lowest BCUT2D eigenvalue weighted by Crippen LogP contribution is -2.53. The molecule has 9 nitrogen and oxygen atoms in total. The summed E-state index contributed by atoms with van der Waals surface area (Å²) in [4.78, 5) is 25.2. The normalized spacial score (nSPS) is 41.0. The van der Waals surface area contributed by atoms with Crippen LogP contribution in [0.1, 0.15) is 27.0 Å². The molecule has 1 aromatic heterocycles. The smallest absolute Gasteiger partial charge is 0.330 e. The maximum absolute atomic E-state index is 15.2. The topological polar surface area (TPSA) is 112 Å². The predicted octanol–water partition coefficient (Wildman–Crippen LogP) is 0.547. The van der Waals surface area contributed by atoms with Crippen LogP contribution < -0.4 is 11.2 Å². The first-order chi connectivity index (χ1) is 11.5. The zero-order valence-electron chi connectivity index (χ0n) is 13.7. The van der Waals surface area contributed by atoms with E-state index in [9.17, 15) is 14.7 Å². The summed E-state index contributed by atoms with van der Waals surface area (Å²) in [6.45, 7) is 0.766. The Balaban J connectivity index is 1.98. The summed E-state index contributed by atoms with van der Waals surface area (Å²) in [5.74, 6) is -2.54. The van der Waals surface area contributed by atoms with E-state index in [-0.39, 0.29) is 6.10 Å². The van der Waals surface area contributed by atoms with Gasteiger partial charge < -0.3 is 18.9 Å². The Labute approximate surface area is 146 Å². The van der Waals surface area contributed by atoms with Crippen LogP contribution in [-0.4, -0.2) is 44.9 Å². The summed E-state index contributed by atoms with van der Waals surface area (Å²) >= 11 is 5.20. The van der Waals surface area contributed by atoms with Crippen molar-refractivity contribution in [1.82, 2.24) is 9.55 Å². The summed E-state index contributed by atoms with van der Waals surface area (Å²) < 4.78 is 37.5. The van der Waals surface area contributed by atoms with Crippen LogP contribution in [0.4, 0.5) is 4.39 Å². The van der Waals surface area contributed by atoms with Crippen LogP contribution in [0, 0.1) is 0 Å². The zero-order chi connectivity index (χ0) is 18.6. The van der Waals surface area contributed by atoms with Crippen LogP contribution in [0.5, 0.6) is 0 Å². The molecule has 3 heterocycles. The van der Waals surface area contributed by atoms with Gasteiger partial charge in [0.25, 0.3) is 11.4 Å². The first kappa shape index (κ1) is 18.8. The fourth-order valence-electron chi connectivity index (χ4n) is 2.82. The number of aromatic nitrogens is 2. The molecule has 0 bridgehead atoms. The molecule has 5 atom stereocenters. The van der Waals surface area contributed by atoms with Gasteiger partial charge >= 0.3 is 12.4 Å². The van der Waals surface area contributed by atoms with E-state index in [0.717, 1.165) is 16.8 Å². The number of H-pyrrole nitrogens is 1. The molecule has 25 heavy (non-hydrogen) atoms. The van der Waals surface area contributed by atoms with Gasteiger partial charge in [0.15, 0.2) is 12.3 Å². The third kappa shape index (κ3) is 3.25. The number of ether oxygens (including phenoxy) is 1. The minimum Gasteiger partial charge on any atom is -0.382 e. The van der Waals surface area contributed by atoms with Crippen molar-refractivity contribution in [2.45, 2.75) is 50.7 Å². The molecule has 2 fully saturated rings. The van der Waals surface area contributed by atoms with Crippen LogP contribution in [-0.2, 0) is 30.1 Å². The Hall–Kier alpha value is -0.940. The molecule has 1 aromatic rings. The molecule has 2 aliphatic heterocycles. The van der Waals surface area contributed by atoms with Crippen LogP contribution >= 0.6 is 6.72 Å². The van der Waals surface area contributed by atoms with Crippen molar-refractivity contribution in [3.8, 4) is 0 Å². The van der Waals surface area contributed by atoms with Crippen molar-refractivity contribution in [3.63, 3.8) is 0 Å². The maximum atomic E-state index is 15.2. The SMILES string of the molecule is CC(C)OP1(=S)OCC2(F)OC(n3ccc(=O)[nH]c3=O)C(C)(O)C2O1. The molecule has 2 N–H and O–H groups in total. The van der Waals surface area contributed by atoms with E-state index in [1.807, 2.05) is 4.98 Å². The number of nitrogens with one attached hydrogen (secondary N) is 1. The molecule has 12 heteroatoms. The summed E-state index contributed by atoms with van der Waals surface area (Å²) in [6, 6.07) is 1.05. The minimum atomic E-state index is -3.29. The van der Waals surface area contributed by atoms with Crippen LogP contribution in [0.2, 0.25) is 0 Å². The highest BCUT2D eigenvalue weighted by atomic mass is 32.5. The summed E-state index contributed by atoms with van der Waals surface area (Å²) in [7, 11) is 0. The highest BCUT2D eigenvalue weighted by molar-refractivity contribution is 8.07. The molecule has 3 rings (SSSR count). The number of halogens is 1. The number of alkyl halides is 1. The van der Waals surface area contributed by atoms with Gasteiger partial charge in [-0.1, -0.05) is 0 Å². The first-order valence-corrected chi connectivity index (χ1v) is 10.0. The van der Waals surface area contributed by atoms with Crippen molar-refractivity contribution in [2.24, 2.45) is 0 Å². The molecule has 5 unspecified atom stereocenters. The van der Waals surface area contributed by atoms with Crippen molar-refractivity contribution >= 4 is 18.5 Å². The van der Waals surface area contributed by atoms with Gasteiger partial charge in [-0.15, -0.1) is 0 Å². The lowest BCUT2D eigenvalue weighted by atomic mass is 9.95. The minimum absolute atomic E-state index is 0.331. The Kier molecular flexibility index (Phi) is 4.56. The van der Waals surface area contributed by atoms with Crippen LogP contribution in [0.25, 0.3) is 0 Å². The highest BCUT2D eigenvalue weighted by Crippen LogP contribution is 2.62. The van der Waals surface area contributed by atoms with Gasteiger partial charge in [0.2, 0.25) is 0 Å². The van der Waals surface area contributed by atoms with E-state index >= 15 is 4.39 Å². The molecule has 0 spiro atoms. The van der Waals surface area contributed by atoms with Crippen molar-refractivity contribution < 1.29 is 27.8 Å². The number of aromatic amines is 1. The number of fused-ring (bicyclic) bond motifs is 1. The van der Waals surface area contributed by atoms with E-state index in [1.165, 1.54) is 6.92 Å². The average molecular weight is 396 g/mol. The number of hydrogen-bond acceptors (Lipinski definition) is 8. The molecule has 2 aliphatic rings. The van der Waals surface area contributed by atoms with Crippen LogP contribution in [0.3, 0.4) is 0 Å². The fourth-order valence-corrected chi connectivity index (χ4v) is 5.40. The molecule has 0 aromatic carbocycles. The lowest BCUT2D eigenvalue weighted by Gasteiger charge is -2.39. The monoisotopic (exact) mass is 396 g/mol. The standard InChI is InChI=1S/C13H18FN2O7PS/c1-7(2)22-24(25)20-6-13(14)9(23-24)12(3,19)10(21-13)16-5-4-8(17)15-11(16)18/h4-5,7,9-10,19H,6H2,1-3H3,(H,15,17,18). The second-order valence-electron chi connectivity index (χ2n) is 6.36. The van der Waals surface area contributed by atoms with Gasteiger partial charge in [-0.3, -0.25) is 18.9 Å². The molecule has 0 aliphatic carbocycles. The van der Waals surface area contributed by atoms with Crippen molar-refractivity contribution in [3.05, 3.63) is 33.1 Å². The second-order valence-corrected chi connectivity index (χ2v) is 9.28. The van der Waals surface area contributed by atoms with Gasteiger partial charge in [-0.05, 0) is 32.6 Å². The van der Waals surface area contributed by atoms with E-state index in [2.05, 4.69) is 0 Å². The lowest BCUT2D eigenvalue weighted by molar-refractivity contribution is -0.217. The largest absolute Gasteiger partial charge is 0.382 e. The predicted molar refractivity (Wildman–Crippen MR) is 87.2 cm³/mol. The Morgan fingerprint density at radius 3 is 2.84 bits per heavy atom. The number of rotatable bonds is 3. The fraction of sp³-hybridized carbons (Fsp3) is 0.692. The van der Waals surface area contributed by atoms with Gasteiger partial charge in [0, 0.05) is 12.3 Å². The van der Waals surface area contributed by atoms with Crippen LogP contribution in [0.15, 0.2) is 21.9 Å². The zero-order valence-corrected chi connectivity index (χ0v) is 15.4. The molecular formula is C13H18FN2O7PS. The van der Waals surface area contributed by atoms with E-state index < -0.39 is 48.4 Å². The molecule has 2 saturated heterocycles. The first-order valence-electron chi connectivity index (χ1n) is 7.49. The maximum Gasteiger partial charge on any atom is 0.330 e. The summed E-state index contributed by atoms with van der Waals surface area (Å²) in [5.41, 5.74) is -3.48. The third-order valence-corrected chi connectivity index (χ3v) is 6.25. The van der Waals surface area contributed by atoms with E-state index in [1.54, 1.807) is 13.8 Å². The third-order valence-electron chi connectivity index (χ3n) is 3.83. The highest BCUT2D eigenvalue weighted by Gasteiger charge is 2.68. The molecule has 0 radical (unpaired) electrons. The van der Waals surface area contributed by atoms with Gasteiger partial charge in [0.1, 0.15) is 12.2 Å². The molecule has 0 amide bonds. The average Bonchev–Trinajstić information content (AvgIpc) is 2.67. The number of hydrogen-bond donors (Lipinski definition) is 2.